The number of likely N-dealkylation sites (N-methyl/N-ethyl adjacent to an activating group) is 3. The van der Waals surface area contributed by atoms with Crippen LogP contribution in [-0.4, -0.2) is 94.5 Å². The van der Waals surface area contributed by atoms with E-state index in [9.17, 15) is 0 Å². The van der Waals surface area contributed by atoms with Gasteiger partial charge in [0, 0.05) is 0 Å². The first-order valence-corrected chi connectivity index (χ1v) is 15.7. The number of quaternary nitrogens is 3. The van der Waals surface area contributed by atoms with Gasteiger partial charge in [-0.25, -0.2) is 0 Å². The average Bonchev–Trinajstić information content (AvgIpc) is 2.83. The minimum atomic E-state index is 1.19. The van der Waals surface area contributed by atoms with Crippen LogP contribution in [0.3, 0.4) is 0 Å². The fourth-order valence-corrected chi connectivity index (χ4v) is 5.52. The molecule has 1 heterocycles. The van der Waals surface area contributed by atoms with Crippen LogP contribution in [0.25, 0.3) is 0 Å². The van der Waals surface area contributed by atoms with E-state index in [1.165, 1.54) is 175 Å². The zero-order valence-corrected chi connectivity index (χ0v) is 25.0. The van der Waals surface area contributed by atoms with Gasteiger partial charge < -0.3 is 13.4 Å². The fourth-order valence-electron chi connectivity index (χ4n) is 5.52. The number of unbranched alkanes of at least 4 members (excludes halogenated alkanes) is 17. The first kappa shape index (κ1) is 31.9. The monoisotopic (exact) mass is 483 g/mol. The second-order valence-corrected chi connectivity index (χ2v) is 13.6. The highest BCUT2D eigenvalue weighted by atomic mass is 15.4. The Morgan fingerprint density at radius 1 is 0.353 bits per heavy atom. The highest BCUT2D eigenvalue weighted by Crippen LogP contribution is 2.17. The maximum Gasteiger partial charge on any atom is 0.128 e. The molecule has 0 unspecified atom stereocenters. The van der Waals surface area contributed by atoms with E-state index < -0.39 is 0 Å². The van der Waals surface area contributed by atoms with Crippen molar-refractivity contribution >= 4 is 0 Å². The Balaban J connectivity index is 1.97. The molecule has 1 aliphatic heterocycles. The largest absolute Gasteiger partial charge is 0.319 e. The standard InChI is InChI=1S/C31H68N3/c1-7-8-9-10-11-12-13-14-15-16-17-18-19-20-21-22-23-24-25-34(6)30-28-32(2,3)26-27-33(4,5)29-31-34/h7-31H2,1-6H3/q+3. The highest BCUT2D eigenvalue weighted by molar-refractivity contribution is 4.52. The summed E-state index contributed by atoms with van der Waals surface area (Å²) in [4.78, 5) is 0. The molecule has 0 aromatic rings. The van der Waals surface area contributed by atoms with Crippen LogP contribution < -0.4 is 0 Å². The molecule has 204 valence electrons. The molecule has 3 heteroatoms. The van der Waals surface area contributed by atoms with E-state index in [1.807, 2.05) is 0 Å². The van der Waals surface area contributed by atoms with Crippen LogP contribution in [0.2, 0.25) is 0 Å². The SMILES string of the molecule is CCCCCCCCCCCCCCCCCCCC[N+]1(C)CC[N+](C)(C)CC[N+](C)(C)CC1. The second-order valence-electron chi connectivity index (χ2n) is 13.6. The van der Waals surface area contributed by atoms with Gasteiger partial charge in [-0.15, -0.1) is 0 Å². The van der Waals surface area contributed by atoms with Gasteiger partial charge in [0.25, 0.3) is 0 Å². The number of rotatable bonds is 19. The zero-order valence-electron chi connectivity index (χ0n) is 25.0. The van der Waals surface area contributed by atoms with Crippen molar-refractivity contribution in [3.05, 3.63) is 0 Å². The van der Waals surface area contributed by atoms with Crippen LogP contribution in [0.15, 0.2) is 0 Å². The summed E-state index contributed by atoms with van der Waals surface area (Å²) in [5.74, 6) is 0. The van der Waals surface area contributed by atoms with Crippen molar-refractivity contribution in [2.24, 2.45) is 0 Å². The Morgan fingerprint density at radius 3 is 0.941 bits per heavy atom. The maximum absolute atomic E-state index is 2.54. The van der Waals surface area contributed by atoms with Crippen LogP contribution in [-0.2, 0) is 0 Å². The summed E-state index contributed by atoms with van der Waals surface area (Å²) in [5.41, 5.74) is 0. The van der Waals surface area contributed by atoms with E-state index in [0.717, 1.165) is 0 Å². The van der Waals surface area contributed by atoms with Crippen LogP contribution >= 0.6 is 0 Å². The van der Waals surface area contributed by atoms with Gasteiger partial charge in [-0.3, -0.25) is 0 Å². The summed E-state index contributed by atoms with van der Waals surface area (Å²) in [5, 5.41) is 0. The van der Waals surface area contributed by atoms with Crippen molar-refractivity contribution in [1.29, 1.82) is 0 Å². The minimum Gasteiger partial charge on any atom is -0.319 e. The molecule has 1 aliphatic rings. The summed E-state index contributed by atoms with van der Waals surface area (Å²) < 4.78 is 3.67. The van der Waals surface area contributed by atoms with E-state index in [0.29, 0.717) is 0 Å². The van der Waals surface area contributed by atoms with Gasteiger partial charge in [-0.1, -0.05) is 110 Å². The third-order valence-corrected chi connectivity index (χ3v) is 8.85. The molecular weight excluding hydrogens is 414 g/mol. The molecule has 0 aromatic heterocycles. The van der Waals surface area contributed by atoms with Gasteiger partial charge in [0.15, 0.2) is 0 Å². The van der Waals surface area contributed by atoms with Gasteiger partial charge in [0.05, 0.1) is 41.8 Å². The lowest BCUT2D eigenvalue weighted by molar-refractivity contribution is -0.955. The molecule has 0 amide bonds. The number of nitrogens with zero attached hydrogens (tertiary/aromatic N) is 3. The number of hydrogen-bond acceptors (Lipinski definition) is 0. The molecule has 0 bridgehead atoms. The molecule has 0 N–H and O–H groups in total. The Labute approximate surface area is 217 Å². The van der Waals surface area contributed by atoms with E-state index in [1.54, 1.807) is 0 Å². The van der Waals surface area contributed by atoms with Crippen molar-refractivity contribution in [1.82, 2.24) is 0 Å². The second kappa shape index (κ2) is 18.2. The summed E-state index contributed by atoms with van der Waals surface area (Å²) in [7, 11) is 12.3. The lowest BCUT2D eigenvalue weighted by atomic mass is 10.0. The Bertz CT molecular complexity index is 451. The first-order valence-electron chi connectivity index (χ1n) is 15.7. The molecule has 0 radical (unpaired) electrons. The highest BCUT2D eigenvalue weighted by Gasteiger charge is 2.33. The lowest BCUT2D eigenvalue weighted by Gasteiger charge is -2.37. The van der Waals surface area contributed by atoms with Crippen molar-refractivity contribution < 1.29 is 13.4 Å². The topological polar surface area (TPSA) is 0 Å². The van der Waals surface area contributed by atoms with Gasteiger partial charge in [-0.2, -0.15) is 0 Å². The molecule has 0 aliphatic carbocycles. The molecule has 34 heavy (non-hydrogen) atoms. The van der Waals surface area contributed by atoms with Gasteiger partial charge >= 0.3 is 0 Å². The summed E-state index contributed by atoms with van der Waals surface area (Å²) in [6.45, 7) is 11.7. The molecule has 1 saturated heterocycles. The first-order chi connectivity index (χ1) is 16.2. The normalized spacial score (nSPS) is 19.9. The van der Waals surface area contributed by atoms with Crippen LogP contribution in [0.5, 0.6) is 0 Å². The maximum atomic E-state index is 2.54. The number of hydrogen-bond donors (Lipinski definition) is 0. The minimum absolute atomic E-state index is 1.19. The molecule has 1 rings (SSSR count). The van der Waals surface area contributed by atoms with Gasteiger partial charge in [0.2, 0.25) is 0 Å². The predicted molar refractivity (Wildman–Crippen MR) is 153 cm³/mol. The molecule has 0 saturated carbocycles. The Kier molecular flexibility index (Phi) is 17.1. The lowest BCUT2D eigenvalue weighted by Crippen LogP contribution is -2.54. The summed E-state index contributed by atoms with van der Waals surface area (Å²) >= 11 is 0. The van der Waals surface area contributed by atoms with Crippen LogP contribution in [0.1, 0.15) is 122 Å². The third kappa shape index (κ3) is 17.3. The van der Waals surface area contributed by atoms with Crippen LogP contribution in [0.4, 0.5) is 0 Å². The van der Waals surface area contributed by atoms with Crippen molar-refractivity contribution in [2.45, 2.75) is 122 Å². The molecule has 1 fully saturated rings. The smallest absolute Gasteiger partial charge is 0.128 e. The van der Waals surface area contributed by atoms with Gasteiger partial charge in [-0.05, 0) is 12.8 Å². The quantitative estimate of drug-likeness (QED) is 0.131. The summed E-state index contributed by atoms with van der Waals surface area (Å²) in [6, 6.07) is 0. The van der Waals surface area contributed by atoms with Crippen LogP contribution in [0, 0.1) is 0 Å². The Hall–Kier alpha value is -0.120. The molecular formula is C31H68N3+3. The predicted octanol–water partition coefficient (Wildman–Crippen LogP) is 7.64. The van der Waals surface area contributed by atoms with Crippen molar-refractivity contribution in [2.75, 3.05) is 81.1 Å². The van der Waals surface area contributed by atoms with E-state index >= 15 is 0 Å². The molecule has 0 spiro atoms. The fraction of sp³-hybridized carbons (Fsp3) is 1.00. The Morgan fingerprint density at radius 2 is 0.618 bits per heavy atom. The van der Waals surface area contributed by atoms with Gasteiger partial charge in [0.1, 0.15) is 39.3 Å². The molecule has 0 aromatic carbocycles. The van der Waals surface area contributed by atoms with E-state index in [-0.39, 0.29) is 0 Å². The zero-order chi connectivity index (χ0) is 25.2. The van der Waals surface area contributed by atoms with Crippen molar-refractivity contribution in [3.63, 3.8) is 0 Å². The van der Waals surface area contributed by atoms with E-state index in [4.69, 9.17) is 0 Å². The molecule has 3 nitrogen and oxygen atoms in total. The van der Waals surface area contributed by atoms with E-state index in [2.05, 4.69) is 42.2 Å². The molecule has 0 atom stereocenters. The van der Waals surface area contributed by atoms with Crippen molar-refractivity contribution in [3.8, 4) is 0 Å². The average molecular weight is 483 g/mol. The summed E-state index contributed by atoms with van der Waals surface area (Å²) in [6.07, 6.45) is 26.4. The third-order valence-electron chi connectivity index (χ3n) is 8.85.